The fourth-order valence-electron chi connectivity index (χ4n) is 7.88. The lowest BCUT2D eigenvalue weighted by Gasteiger charge is -2.35. The molecule has 21 nitrogen and oxygen atoms in total. The van der Waals surface area contributed by atoms with Crippen LogP contribution in [-0.4, -0.2) is 152 Å². The Morgan fingerprint density at radius 2 is 1.61 bits per heavy atom. The van der Waals surface area contributed by atoms with Crippen molar-refractivity contribution in [1.82, 2.24) is 34.4 Å². The first-order chi connectivity index (χ1) is 33.2. The number of nitrogens with zero attached hydrogens (tertiary/aromatic N) is 6. The molecule has 7 amide bonds. The van der Waals surface area contributed by atoms with E-state index in [0.717, 1.165) is 37.6 Å². The van der Waals surface area contributed by atoms with Crippen molar-refractivity contribution in [2.75, 3.05) is 82.2 Å². The van der Waals surface area contributed by atoms with Gasteiger partial charge in [-0.3, -0.25) is 47.8 Å². The highest BCUT2D eigenvalue weighted by Gasteiger charge is 2.46. The van der Waals surface area contributed by atoms with Gasteiger partial charge in [0.1, 0.15) is 24.2 Å². The van der Waals surface area contributed by atoms with Crippen LogP contribution in [0.1, 0.15) is 50.3 Å². The van der Waals surface area contributed by atoms with Crippen molar-refractivity contribution in [2.24, 2.45) is 0 Å². The molecule has 3 N–H and O–H groups in total. The summed E-state index contributed by atoms with van der Waals surface area (Å²) in [5.74, 6) is -2.53. The number of amides is 7. The average Bonchev–Trinajstić information content (AvgIpc) is 4.10. The zero-order chi connectivity index (χ0) is 48.7. The predicted octanol–water partition coefficient (Wildman–Crippen LogP) is 2.40. The number of aromatic nitrogens is 3. The molecule has 360 valence electrons. The highest BCUT2D eigenvalue weighted by Crippen LogP contribution is 2.34. The van der Waals surface area contributed by atoms with Crippen molar-refractivity contribution < 1.29 is 56.2 Å². The molecule has 1 atom stereocenters. The van der Waals surface area contributed by atoms with Crippen molar-refractivity contribution in [2.45, 2.75) is 25.3 Å². The lowest BCUT2D eigenvalue weighted by molar-refractivity contribution is -0.136. The molecule has 0 radical (unpaired) electrons. The van der Waals surface area contributed by atoms with Crippen LogP contribution >= 0.6 is 11.3 Å². The normalized spacial score (nSPS) is 16.1. The van der Waals surface area contributed by atoms with E-state index < -0.39 is 51.5 Å². The van der Waals surface area contributed by atoms with Crippen LogP contribution < -0.4 is 25.6 Å². The molecule has 0 aliphatic carbocycles. The minimum atomic E-state index is -3.54. The number of carbonyl (C=O) groups is 7. The Labute approximate surface area is 399 Å². The topological polar surface area (TPSA) is 258 Å². The van der Waals surface area contributed by atoms with Gasteiger partial charge in [0.25, 0.3) is 17.7 Å². The molecule has 1 unspecified atom stereocenters. The molecule has 5 aromatic rings. The number of hydrogen-bond acceptors (Lipinski definition) is 16. The number of fused-ring (bicyclic) bond motifs is 1. The summed E-state index contributed by atoms with van der Waals surface area (Å²) in [6, 6.07) is 16.7. The second kappa shape index (κ2) is 21.3. The van der Waals surface area contributed by atoms with E-state index in [1.165, 1.54) is 35.9 Å². The largest absolute Gasteiger partial charge is 0.490 e. The maximum atomic E-state index is 13.2. The number of nitrogens with one attached hydrogen (secondary N) is 3. The Kier molecular flexibility index (Phi) is 14.9. The van der Waals surface area contributed by atoms with Crippen molar-refractivity contribution in [3.05, 3.63) is 101 Å². The van der Waals surface area contributed by atoms with Crippen molar-refractivity contribution >= 4 is 73.7 Å². The van der Waals surface area contributed by atoms with Gasteiger partial charge in [-0.05, 0) is 53.9 Å². The molecule has 69 heavy (non-hydrogen) atoms. The van der Waals surface area contributed by atoms with Crippen LogP contribution in [0, 0.1) is 0 Å². The van der Waals surface area contributed by atoms with E-state index in [1.807, 2.05) is 46.7 Å². The highest BCUT2D eigenvalue weighted by atomic mass is 32.2. The van der Waals surface area contributed by atoms with E-state index >= 15 is 0 Å². The van der Waals surface area contributed by atoms with Crippen molar-refractivity contribution in [3.8, 4) is 28.1 Å². The molecule has 2 fully saturated rings. The molecule has 0 spiro atoms. The van der Waals surface area contributed by atoms with Gasteiger partial charge in [-0.1, -0.05) is 24.3 Å². The van der Waals surface area contributed by atoms with Gasteiger partial charge in [0, 0.05) is 62.1 Å². The van der Waals surface area contributed by atoms with E-state index in [0.29, 0.717) is 37.0 Å². The Balaban J connectivity index is 0.722. The number of carbonyl (C=O) groups excluding carboxylic acids is 7. The van der Waals surface area contributed by atoms with Gasteiger partial charge in [-0.2, -0.15) is 0 Å². The minimum Gasteiger partial charge on any atom is -0.490 e. The summed E-state index contributed by atoms with van der Waals surface area (Å²) in [5, 5.41) is 9.50. The summed E-state index contributed by atoms with van der Waals surface area (Å²) >= 11 is 1.23. The fraction of sp³-hybridized carbons (Fsp3) is 0.326. The first kappa shape index (κ1) is 48.1. The van der Waals surface area contributed by atoms with Crippen LogP contribution in [0.4, 0.5) is 10.9 Å². The number of benzene rings is 2. The fourth-order valence-corrected chi connectivity index (χ4v) is 9.20. The van der Waals surface area contributed by atoms with Crippen LogP contribution in [0.25, 0.3) is 22.4 Å². The van der Waals surface area contributed by atoms with Crippen molar-refractivity contribution in [1.29, 1.82) is 0 Å². The number of pyridine rings is 1. The molecule has 3 aliphatic rings. The van der Waals surface area contributed by atoms with Gasteiger partial charge in [0.05, 0.1) is 68.0 Å². The van der Waals surface area contributed by atoms with Crippen LogP contribution in [0.15, 0.2) is 84.6 Å². The molecular formula is C46H47N9O12S2. The lowest BCUT2D eigenvalue weighted by atomic mass is 10.0. The maximum Gasteiger partial charge on any atom is 0.266 e. The Bertz CT molecular complexity index is 2910. The smallest absolute Gasteiger partial charge is 0.266 e. The summed E-state index contributed by atoms with van der Waals surface area (Å²) < 4.78 is 41.3. The second-order valence-corrected chi connectivity index (χ2v) is 18.8. The molecule has 8 rings (SSSR count). The Morgan fingerprint density at radius 3 is 2.38 bits per heavy atom. The maximum absolute atomic E-state index is 13.2. The third-order valence-corrected chi connectivity index (χ3v) is 13.2. The van der Waals surface area contributed by atoms with Gasteiger partial charge < -0.3 is 34.6 Å². The van der Waals surface area contributed by atoms with Gasteiger partial charge in [0.15, 0.2) is 5.13 Å². The zero-order valence-corrected chi connectivity index (χ0v) is 38.9. The molecule has 3 aliphatic heterocycles. The van der Waals surface area contributed by atoms with E-state index in [2.05, 4.69) is 30.8 Å². The van der Waals surface area contributed by atoms with Gasteiger partial charge in [-0.15, -0.1) is 11.3 Å². The molecule has 2 aromatic carbocycles. The van der Waals surface area contributed by atoms with Crippen LogP contribution in [-0.2, 0) is 38.7 Å². The lowest BCUT2D eigenvalue weighted by Crippen LogP contribution is -2.54. The third-order valence-electron chi connectivity index (χ3n) is 11.4. The number of hydrogen-bond donors (Lipinski definition) is 3. The number of piperidine rings is 1. The molecule has 0 bridgehead atoms. The molecule has 23 heteroatoms. The molecule has 2 saturated heterocycles. The highest BCUT2D eigenvalue weighted by molar-refractivity contribution is 7.89. The number of thiazole rings is 1. The van der Waals surface area contributed by atoms with Gasteiger partial charge >= 0.3 is 0 Å². The third kappa shape index (κ3) is 11.5. The van der Waals surface area contributed by atoms with E-state index in [1.54, 1.807) is 18.3 Å². The van der Waals surface area contributed by atoms with Gasteiger partial charge in [0.2, 0.25) is 33.7 Å². The van der Waals surface area contributed by atoms with Crippen LogP contribution in [0.2, 0.25) is 0 Å². The molecule has 6 heterocycles. The Hall–Kier alpha value is -7.34. The first-order valence-corrected chi connectivity index (χ1v) is 24.6. The predicted molar refractivity (Wildman–Crippen MR) is 250 cm³/mol. The van der Waals surface area contributed by atoms with E-state index in [-0.39, 0.29) is 87.2 Å². The average molecular weight is 982 g/mol. The number of piperazine rings is 1. The van der Waals surface area contributed by atoms with Gasteiger partial charge in [-0.25, -0.2) is 18.4 Å². The SMILES string of the molecule is CS(=O)(=O)n1ccc(C(=O)NCC(=O)Nc2nc(-c3cccc(-c4ccnc(N5CCN(C(=O)CCOCCOCCOc6cccc7c6C(=O)N(C6CCC(=O)NC6=O)C7=O)CC5)c4)c3)cs2)c1. The summed E-state index contributed by atoms with van der Waals surface area (Å²) in [4.78, 5) is 102. The number of imide groups is 2. The number of rotatable bonds is 19. The van der Waals surface area contributed by atoms with Crippen LogP contribution in [0.3, 0.4) is 0 Å². The van der Waals surface area contributed by atoms with E-state index in [4.69, 9.17) is 14.2 Å². The quantitative estimate of drug-likeness (QED) is 0.0793. The van der Waals surface area contributed by atoms with E-state index in [9.17, 15) is 42.0 Å². The minimum absolute atomic E-state index is 0.0155. The van der Waals surface area contributed by atoms with Crippen molar-refractivity contribution in [3.63, 3.8) is 0 Å². The molecular weight excluding hydrogens is 935 g/mol. The second-order valence-electron chi connectivity index (χ2n) is 16.1. The summed E-state index contributed by atoms with van der Waals surface area (Å²) in [5.41, 5.74) is 3.64. The standard InChI is InChI=1S/C46H47N9O12S2/c1-69(63,64)54-14-11-32(27-54)42(59)48-26-39(57)51-46-49-34(28-68-46)31-5-2-4-29(24-31)30-10-13-47-37(25-30)52-15-17-53(18-16-52)40(58)12-19-65-20-21-66-22-23-67-36-7-3-6-33-41(36)45(62)55(44(33)61)35-8-9-38(56)50-43(35)60/h2-7,10-11,13-14,24-25,27-28,35H,8-9,12,15-23,26H2,1H3,(H,48,59)(H,49,51,57)(H,50,56,60). The first-order valence-electron chi connectivity index (χ1n) is 21.9. The van der Waals surface area contributed by atoms with Crippen LogP contribution in [0.5, 0.6) is 5.75 Å². The number of ether oxygens (including phenoxy) is 3. The summed E-state index contributed by atoms with van der Waals surface area (Å²) in [6.45, 7) is 2.87. The summed E-state index contributed by atoms with van der Waals surface area (Å²) in [7, 11) is -3.54. The molecule has 3 aromatic heterocycles. The Morgan fingerprint density at radius 1 is 0.870 bits per heavy atom. The summed E-state index contributed by atoms with van der Waals surface area (Å²) in [6.07, 6.45) is 5.49. The number of anilines is 2. The zero-order valence-electron chi connectivity index (χ0n) is 37.3. The monoisotopic (exact) mass is 981 g/mol. The molecule has 0 saturated carbocycles.